The molecule has 6 heteroatoms. The first kappa shape index (κ1) is 17.4. The van der Waals surface area contributed by atoms with E-state index in [4.69, 9.17) is 9.47 Å². The van der Waals surface area contributed by atoms with Crippen LogP contribution >= 0.6 is 0 Å². The van der Waals surface area contributed by atoms with Crippen molar-refractivity contribution in [2.75, 3.05) is 12.1 Å². The van der Waals surface area contributed by atoms with E-state index in [1.807, 2.05) is 42.5 Å². The summed E-state index contributed by atoms with van der Waals surface area (Å²) in [5.41, 5.74) is 2.91. The summed E-state index contributed by atoms with van der Waals surface area (Å²) in [6.45, 7) is 2.58. The number of fused-ring (bicyclic) bond motifs is 1. The van der Waals surface area contributed by atoms with E-state index in [0.717, 1.165) is 17.7 Å². The standard InChI is InChI=1S/C20H19N3O3/c1-2-14-3-6-17(7-4-14)22-12-16(10-21)20(24)23-11-15-5-8-18-19(9-15)26-13-25-18/h3-9,12,22H,2,11,13H2,1H3,(H,23,24)/b16-12-. The molecule has 1 aliphatic rings. The fraction of sp³-hybridized carbons (Fsp3) is 0.200. The molecule has 0 saturated carbocycles. The van der Waals surface area contributed by atoms with E-state index in [0.29, 0.717) is 18.0 Å². The third-order valence-corrected chi connectivity index (χ3v) is 4.00. The van der Waals surface area contributed by atoms with E-state index in [1.54, 1.807) is 6.07 Å². The highest BCUT2D eigenvalue weighted by Gasteiger charge is 2.14. The summed E-state index contributed by atoms with van der Waals surface area (Å²) in [7, 11) is 0. The first-order valence-corrected chi connectivity index (χ1v) is 8.32. The summed E-state index contributed by atoms with van der Waals surface area (Å²) < 4.78 is 10.6. The summed E-state index contributed by atoms with van der Waals surface area (Å²) in [6, 6.07) is 15.2. The second-order valence-corrected chi connectivity index (χ2v) is 5.73. The molecule has 0 aromatic heterocycles. The van der Waals surface area contributed by atoms with Crippen LogP contribution in [0.5, 0.6) is 11.5 Å². The first-order valence-electron chi connectivity index (χ1n) is 8.32. The zero-order chi connectivity index (χ0) is 18.4. The zero-order valence-corrected chi connectivity index (χ0v) is 14.4. The van der Waals surface area contributed by atoms with Crippen molar-refractivity contribution in [3.8, 4) is 17.6 Å². The molecule has 2 N–H and O–H groups in total. The van der Waals surface area contributed by atoms with Gasteiger partial charge < -0.3 is 20.1 Å². The average Bonchev–Trinajstić information content (AvgIpc) is 3.15. The maximum absolute atomic E-state index is 12.2. The largest absolute Gasteiger partial charge is 0.454 e. The average molecular weight is 349 g/mol. The van der Waals surface area contributed by atoms with Gasteiger partial charge >= 0.3 is 0 Å². The molecule has 0 unspecified atom stereocenters. The molecule has 0 fully saturated rings. The number of nitriles is 1. The molecule has 6 nitrogen and oxygen atoms in total. The molecule has 0 radical (unpaired) electrons. The SMILES string of the molecule is CCc1ccc(N/C=C(/C#N)C(=O)NCc2ccc3c(c2)OCO3)cc1. The summed E-state index contributed by atoms with van der Waals surface area (Å²) >= 11 is 0. The molecular weight excluding hydrogens is 330 g/mol. The highest BCUT2D eigenvalue weighted by Crippen LogP contribution is 2.32. The Hall–Kier alpha value is -3.46. The maximum atomic E-state index is 12.2. The predicted molar refractivity (Wildman–Crippen MR) is 97.6 cm³/mol. The number of ether oxygens (including phenoxy) is 2. The van der Waals surface area contributed by atoms with Crippen molar-refractivity contribution in [2.45, 2.75) is 19.9 Å². The molecule has 0 saturated heterocycles. The smallest absolute Gasteiger partial charge is 0.263 e. The summed E-state index contributed by atoms with van der Waals surface area (Å²) in [4.78, 5) is 12.2. The number of anilines is 1. The third kappa shape index (κ3) is 4.14. The van der Waals surface area contributed by atoms with Gasteiger partial charge in [-0.25, -0.2) is 0 Å². The van der Waals surface area contributed by atoms with Crippen molar-refractivity contribution in [1.82, 2.24) is 5.32 Å². The van der Waals surface area contributed by atoms with Crippen LogP contribution in [0.2, 0.25) is 0 Å². The zero-order valence-electron chi connectivity index (χ0n) is 14.4. The normalized spacial score (nSPS) is 12.4. The maximum Gasteiger partial charge on any atom is 0.263 e. The number of benzene rings is 2. The van der Waals surface area contributed by atoms with Crippen LogP contribution in [0.1, 0.15) is 18.1 Å². The lowest BCUT2D eigenvalue weighted by molar-refractivity contribution is -0.117. The van der Waals surface area contributed by atoms with Gasteiger partial charge in [-0.1, -0.05) is 25.1 Å². The predicted octanol–water partition coefficient (Wildman–Crippen LogP) is 3.11. The Morgan fingerprint density at radius 1 is 1.15 bits per heavy atom. The minimum Gasteiger partial charge on any atom is -0.454 e. The minimum atomic E-state index is -0.442. The van der Waals surface area contributed by atoms with Crippen molar-refractivity contribution in [3.05, 3.63) is 65.4 Å². The molecule has 0 aliphatic carbocycles. The number of nitrogens with one attached hydrogen (secondary N) is 2. The molecule has 2 aromatic rings. The van der Waals surface area contributed by atoms with Gasteiger partial charge in [0.2, 0.25) is 6.79 Å². The van der Waals surface area contributed by atoms with Gasteiger partial charge in [-0.05, 0) is 41.8 Å². The quantitative estimate of drug-likeness (QED) is 0.618. The molecule has 0 spiro atoms. The number of hydrogen-bond acceptors (Lipinski definition) is 5. The van der Waals surface area contributed by atoms with Gasteiger partial charge in [0.25, 0.3) is 5.91 Å². The second-order valence-electron chi connectivity index (χ2n) is 5.73. The summed E-state index contributed by atoms with van der Waals surface area (Å²) in [5.74, 6) is 0.906. The lowest BCUT2D eigenvalue weighted by Gasteiger charge is -2.07. The lowest BCUT2D eigenvalue weighted by atomic mass is 10.1. The fourth-order valence-electron chi connectivity index (χ4n) is 2.47. The van der Waals surface area contributed by atoms with Crippen LogP contribution in [0, 0.1) is 11.3 Å². The molecular formula is C20H19N3O3. The highest BCUT2D eigenvalue weighted by atomic mass is 16.7. The molecule has 0 bridgehead atoms. The topological polar surface area (TPSA) is 83.4 Å². The Morgan fingerprint density at radius 3 is 2.62 bits per heavy atom. The van der Waals surface area contributed by atoms with Gasteiger partial charge in [0.05, 0.1) is 0 Å². The third-order valence-electron chi connectivity index (χ3n) is 4.00. The molecule has 1 aliphatic heterocycles. The number of amides is 1. The van der Waals surface area contributed by atoms with Crippen LogP contribution < -0.4 is 20.1 Å². The van der Waals surface area contributed by atoms with Gasteiger partial charge in [-0.15, -0.1) is 0 Å². The Balaban J connectivity index is 1.58. The van der Waals surface area contributed by atoms with E-state index in [1.165, 1.54) is 11.8 Å². The Labute approximate surface area is 152 Å². The summed E-state index contributed by atoms with van der Waals surface area (Å²) in [5, 5.41) is 14.9. The van der Waals surface area contributed by atoms with Crippen LogP contribution in [0.3, 0.4) is 0 Å². The first-order chi connectivity index (χ1) is 12.7. The van der Waals surface area contributed by atoms with Crippen molar-refractivity contribution >= 4 is 11.6 Å². The van der Waals surface area contributed by atoms with Crippen LogP contribution in [0.15, 0.2) is 54.2 Å². The Morgan fingerprint density at radius 2 is 1.88 bits per heavy atom. The molecule has 0 atom stereocenters. The Kier molecular flexibility index (Phi) is 5.40. The van der Waals surface area contributed by atoms with E-state index >= 15 is 0 Å². The molecule has 3 rings (SSSR count). The van der Waals surface area contributed by atoms with E-state index in [-0.39, 0.29) is 12.4 Å². The number of rotatable bonds is 6. The molecule has 26 heavy (non-hydrogen) atoms. The number of aryl methyl sites for hydroxylation is 1. The van der Waals surface area contributed by atoms with Crippen LogP contribution in [0.4, 0.5) is 5.69 Å². The Bertz CT molecular complexity index is 867. The van der Waals surface area contributed by atoms with Crippen molar-refractivity contribution < 1.29 is 14.3 Å². The number of hydrogen-bond donors (Lipinski definition) is 2. The monoisotopic (exact) mass is 349 g/mol. The number of carbonyl (C=O) groups is 1. The van der Waals surface area contributed by atoms with E-state index in [9.17, 15) is 10.1 Å². The molecule has 132 valence electrons. The van der Waals surface area contributed by atoms with Crippen LogP contribution in [-0.4, -0.2) is 12.7 Å². The minimum absolute atomic E-state index is 0.00492. The highest BCUT2D eigenvalue weighted by molar-refractivity contribution is 5.97. The second kappa shape index (κ2) is 8.08. The van der Waals surface area contributed by atoms with Gasteiger partial charge in [-0.2, -0.15) is 5.26 Å². The van der Waals surface area contributed by atoms with Crippen molar-refractivity contribution in [2.24, 2.45) is 0 Å². The fourth-order valence-corrected chi connectivity index (χ4v) is 2.47. The molecule has 1 heterocycles. The van der Waals surface area contributed by atoms with E-state index < -0.39 is 5.91 Å². The van der Waals surface area contributed by atoms with Gasteiger partial charge in [0, 0.05) is 18.4 Å². The van der Waals surface area contributed by atoms with Crippen LogP contribution in [-0.2, 0) is 17.8 Å². The van der Waals surface area contributed by atoms with Crippen LogP contribution in [0.25, 0.3) is 0 Å². The number of carbonyl (C=O) groups excluding carboxylic acids is 1. The van der Waals surface area contributed by atoms with E-state index in [2.05, 4.69) is 17.6 Å². The van der Waals surface area contributed by atoms with Gasteiger partial charge in [0.15, 0.2) is 11.5 Å². The van der Waals surface area contributed by atoms with Gasteiger partial charge in [0.1, 0.15) is 11.6 Å². The lowest BCUT2D eigenvalue weighted by Crippen LogP contribution is -2.24. The molecule has 1 amide bonds. The summed E-state index contributed by atoms with van der Waals surface area (Å²) in [6.07, 6.45) is 2.37. The van der Waals surface area contributed by atoms with Gasteiger partial charge in [-0.3, -0.25) is 4.79 Å². The van der Waals surface area contributed by atoms with Crippen molar-refractivity contribution in [1.29, 1.82) is 5.26 Å². The number of nitrogens with zero attached hydrogens (tertiary/aromatic N) is 1. The van der Waals surface area contributed by atoms with Crippen molar-refractivity contribution in [3.63, 3.8) is 0 Å². The molecule has 2 aromatic carbocycles.